The fraction of sp³-hybridized carbons (Fsp3) is 1.00. The van der Waals surface area contributed by atoms with E-state index in [2.05, 4.69) is 30.6 Å². The molecule has 4 nitrogen and oxygen atoms in total. The molecule has 2 saturated heterocycles. The van der Waals surface area contributed by atoms with E-state index in [-0.39, 0.29) is 5.41 Å². The van der Waals surface area contributed by atoms with Crippen LogP contribution in [0.2, 0.25) is 0 Å². The van der Waals surface area contributed by atoms with Crippen LogP contribution in [0.25, 0.3) is 0 Å². The highest BCUT2D eigenvalue weighted by Crippen LogP contribution is 2.29. The first-order valence-electron chi connectivity index (χ1n) is 7.20. The molecule has 0 saturated carbocycles. The lowest BCUT2D eigenvalue weighted by atomic mass is 9.86. The van der Waals surface area contributed by atoms with Crippen LogP contribution < -0.4 is 5.73 Å². The summed E-state index contributed by atoms with van der Waals surface area (Å²) >= 11 is 0. The third-order valence-corrected chi connectivity index (χ3v) is 4.50. The quantitative estimate of drug-likeness (QED) is 0.809. The summed E-state index contributed by atoms with van der Waals surface area (Å²) in [4.78, 5) is 5.15. The van der Waals surface area contributed by atoms with Gasteiger partial charge in [0.25, 0.3) is 0 Å². The molecule has 0 radical (unpaired) electrons. The zero-order chi connectivity index (χ0) is 13.2. The summed E-state index contributed by atoms with van der Waals surface area (Å²) in [5.41, 5.74) is 6.49. The van der Waals surface area contributed by atoms with Gasteiger partial charge in [0.2, 0.25) is 0 Å². The van der Waals surface area contributed by atoms with Crippen LogP contribution in [0.4, 0.5) is 0 Å². The van der Waals surface area contributed by atoms with Crippen LogP contribution in [0.15, 0.2) is 0 Å². The maximum absolute atomic E-state index is 5.97. The summed E-state index contributed by atoms with van der Waals surface area (Å²) in [7, 11) is 0. The van der Waals surface area contributed by atoms with Crippen LogP contribution >= 0.6 is 0 Å². The minimum atomic E-state index is 0.226. The molecule has 4 heteroatoms. The number of rotatable bonds is 3. The van der Waals surface area contributed by atoms with Crippen LogP contribution in [0.5, 0.6) is 0 Å². The fourth-order valence-corrected chi connectivity index (χ4v) is 3.05. The van der Waals surface area contributed by atoms with Crippen molar-refractivity contribution in [1.29, 1.82) is 0 Å². The molecule has 106 valence electrons. The third kappa shape index (κ3) is 3.23. The zero-order valence-corrected chi connectivity index (χ0v) is 12.2. The third-order valence-electron chi connectivity index (χ3n) is 4.50. The Morgan fingerprint density at radius 3 is 2.28 bits per heavy atom. The van der Waals surface area contributed by atoms with E-state index >= 15 is 0 Å². The maximum atomic E-state index is 5.97. The van der Waals surface area contributed by atoms with Crippen molar-refractivity contribution in [3.8, 4) is 0 Å². The number of ether oxygens (including phenoxy) is 1. The van der Waals surface area contributed by atoms with Gasteiger partial charge in [0, 0.05) is 56.8 Å². The minimum Gasteiger partial charge on any atom is -0.381 e. The van der Waals surface area contributed by atoms with Crippen LogP contribution in [0.3, 0.4) is 0 Å². The van der Waals surface area contributed by atoms with Gasteiger partial charge < -0.3 is 15.4 Å². The van der Waals surface area contributed by atoms with Crippen molar-refractivity contribution >= 4 is 0 Å². The predicted molar refractivity (Wildman–Crippen MR) is 74.7 cm³/mol. The molecule has 0 spiro atoms. The molecule has 18 heavy (non-hydrogen) atoms. The molecule has 0 bridgehead atoms. The lowest BCUT2D eigenvalue weighted by Crippen LogP contribution is -2.55. The summed E-state index contributed by atoms with van der Waals surface area (Å²) in [6.07, 6.45) is 1.13. The number of nitrogens with two attached hydrogens (primary N) is 1. The van der Waals surface area contributed by atoms with Gasteiger partial charge in [-0.3, -0.25) is 4.90 Å². The summed E-state index contributed by atoms with van der Waals surface area (Å²) in [5, 5.41) is 0. The summed E-state index contributed by atoms with van der Waals surface area (Å²) in [6.45, 7) is 15.2. The molecule has 2 rings (SSSR count). The topological polar surface area (TPSA) is 41.7 Å². The highest BCUT2D eigenvalue weighted by atomic mass is 16.5. The molecule has 0 amide bonds. The van der Waals surface area contributed by atoms with Gasteiger partial charge in [0.05, 0.1) is 6.61 Å². The van der Waals surface area contributed by atoms with Crippen molar-refractivity contribution in [2.24, 2.45) is 11.1 Å². The molecule has 0 aliphatic carbocycles. The Balaban J connectivity index is 1.83. The first kappa shape index (κ1) is 14.3. The Kier molecular flexibility index (Phi) is 4.32. The van der Waals surface area contributed by atoms with Gasteiger partial charge >= 0.3 is 0 Å². The van der Waals surface area contributed by atoms with Crippen molar-refractivity contribution in [3.63, 3.8) is 0 Å². The van der Waals surface area contributed by atoms with E-state index in [4.69, 9.17) is 10.5 Å². The first-order valence-corrected chi connectivity index (χ1v) is 7.20. The molecular weight excluding hydrogens is 226 g/mol. The van der Waals surface area contributed by atoms with Crippen molar-refractivity contribution in [2.45, 2.75) is 32.7 Å². The minimum absolute atomic E-state index is 0.226. The van der Waals surface area contributed by atoms with E-state index in [1.807, 2.05) is 0 Å². The second-order valence-electron chi connectivity index (χ2n) is 6.94. The van der Waals surface area contributed by atoms with E-state index in [0.29, 0.717) is 5.54 Å². The van der Waals surface area contributed by atoms with Gasteiger partial charge in [0.1, 0.15) is 0 Å². The molecule has 2 aliphatic heterocycles. The van der Waals surface area contributed by atoms with Gasteiger partial charge in [-0.2, -0.15) is 0 Å². The molecule has 2 fully saturated rings. The second kappa shape index (κ2) is 5.45. The Hall–Kier alpha value is -0.160. The second-order valence-corrected chi connectivity index (χ2v) is 6.94. The van der Waals surface area contributed by atoms with Crippen molar-refractivity contribution in [2.75, 3.05) is 52.5 Å². The van der Waals surface area contributed by atoms with Gasteiger partial charge in [0.15, 0.2) is 0 Å². The molecule has 1 atom stereocenters. The Morgan fingerprint density at radius 1 is 1.17 bits per heavy atom. The molecule has 2 N–H and O–H groups in total. The smallest absolute Gasteiger partial charge is 0.0547 e. The van der Waals surface area contributed by atoms with E-state index in [0.717, 1.165) is 32.7 Å². The van der Waals surface area contributed by atoms with Crippen molar-refractivity contribution in [3.05, 3.63) is 0 Å². The Bertz CT molecular complexity index is 261. The van der Waals surface area contributed by atoms with Crippen molar-refractivity contribution in [1.82, 2.24) is 9.80 Å². The van der Waals surface area contributed by atoms with Gasteiger partial charge in [-0.05, 0) is 27.2 Å². The first-order chi connectivity index (χ1) is 8.45. The van der Waals surface area contributed by atoms with Crippen LogP contribution in [0, 0.1) is 5.41 Å². The highest BCUT2D eigenvalue weighted by Gasteiger charge is 2.36. The number of hydrogen-bond acceptors (Lipinski definition) is 4. The van der Waals surface area contributed by atoms with Gasteiger partial charge in [-0.15, -0.1) is 0 Å². The maximum Gasteiger partial charge on any atom is 0.0547 e. The normalized spacial score (nSPS) is 32.0. The van der Waals surface area contributed by atoms with E-state index in [1.54, 1.807) is 0 Å². The lowest BCUT2D eigenvalue weighted by molar-refractivity contribution is 0.0371. The predicted octanol–water partition coefficient (Wildman–Crippen LogP) is 0.768. The van der Waals surface area contributed by atoms with E-state index in [9.17, 15) is 0 Å². The average Bonchev–Trinajstić information content (AvgIpc) is 2.78. The van der Waals surface area contributed by atoms with Crippen molar-refractivity contribution < 1.29 is 4.74 Å². The van der Waals surface area contributed by atoms with Crippen LogP contribution in [-0.4, -0.2) is 67.8 Å². The Morgan fingerprint density at radius 2 is 1.83 bits per heavy atom. The lowest BCUT2D eigenvalue weighted by Gasteiger charge is -2.44. The Labute approximate surface area is 111 Å². The number of piperazine rings is 1. The number of hydrogen-bond donors (Lipinski definition) is 1. The monoisotopic (exact) mass is 255 g/mol. The molecular formula is C14H29N3O. The van der Waals surface area contributed by atoms with E-state index in [1.165, 1.54) is 26.2 Å². The highest BCUT2D eigenvalue weighted by molar-refractivity contribution is 4.90. The molecule has 0 aromatic carbocycles. The molecule has 2 heterocycles. The zero-order valence-electron chi connectivity index (χ0n) is 12.2. The SMILES string of the molecule is CC(C)(C)N1CCN(CC2(CN)CCOC2)CC1. The molecule has 1 unspecified atom stereocenters. The standard InChI is InChI=1S/C14H29N3O/c1-13(2,3)17-7-5-16(6-8-17)11-14(10-15)4-9-18-12-14/h4-12,15H2,1-3H3. The molecule has 0 aromatic heterocycles. The van der Waals surface area contributed by atoms with Gasteiger partial charge in [-0.1, -0.05) is 0 Å². The van der Waals surface area contributed by atoms with Gasteiger partial charge in [-0.25, -0.2) is 0 Å². The summed E-state index contributed by atoms with van der Waals surface area (Å²) in [6, 6.07) is 0. The summed E-state index contributed by atoms with van der Waals surface area (Å²) < 4.78 is 5.55. The molecule has 0 aromatic rings. The fourth-order valence-electron chi connectivity index (χ4n) is 3.05. The molecule has 2 aliphatic rings. The van der Waals surface area contributed by atoms with E-state index < -0.39 is 0 Å². The average molecular weight is 255 g/mol. The number of nitrogens with zero attached hydrogens (tertiary/aromatic N) is 2. The van der Waals surface area contributed by atoms with Crippen LogP contribution in [0.1, 0.15) is 27.2 Å². The largest absolute Gasteiger partial charge is 0.381 e. The van der Waals surface area contributed by atoms with Crippen LogP contribution in [-0.2, 0) is 4.74 Å². The summed E-state index contributed by atoms with van der Waals surface area (Å²) in [5.74, 6) is 0.